The molecule has 1 amide bonds. The fourth-order valence-corrected chi connectivity index (χ4v) is 3.32. The van der Waals surface area contributed by atoms with E-state index in [4.69, 9.17) is 0 Å². The zero-order valence-corrected chi connectivity index (χ0v) is 12.7. The van der Waals surface area contributed by atoms with Crippen molar-refractivity contribution in [1.82, 2.24) is 10.2 Å². The highest BCUT2D eigenvalue weighted by Crippen LogP contribution is 2.40. The molecule has 0 aromatic heterocycles. The third-order valence-corrected chi connectivity index (χ3v) is 3.97. The van der Waals surface area contributed by atoms with Crippen molar-refractivity contribution in [3.05, 3.63) is 35.4 Å². The van der Waals surface area contributed by atoms with Gasteiger partial charge in [-0.2, -0.15) is 5.26 Å². The molecule has 0 bridgehead atoms. The van der Waals surface area contributed by atoms with E-state index < -0.39 is 17.2 Å². The molecule has 1 aromatic carbocycles. The van der Waals surface area contributed by atoms with E-state index in [9.17, 15) is 15.2 Å². The van der Waals surface area contributed by atoms with Gasteiger partial charge in [-0.1, -0.05) is 18.2 Å². The van der Waals surface area contributed by atoms with E-state index in [1.165, 1.54) is 4.90 Å². The summed E-state index contributed by atoms with van der Waals surface area (Å²) in [6.45, 7) is 6.91. The third-order valence-electron chi connectivity index (χ3n) is 3.97. The van der Waals surface area contributed by atoms with Gasteiger partial charge in [0.05, 0.1) is 17.2 Å². The molecule has 1 aromatic rings. The van der Waals surface area contributed by atoms with Gasteiger partial charge in [0.1, 0.15) is 0 Å². The summed E-state index contributed by atoms with van der Waals surface area (Å²) in [5.41, 5.74) is 0.0723. The SMILES string of the molecule is CC(C)(C)N(C(=O)O)[C@]1(c2ccccc2C#N)CCNC1. The monoisotopic (exact) mass is 287 g/mol. The molecule has 0 aliphatic carbocycles. The van der Waals surface area contributed by atoms with Gasteiger partial charge in [0.15, 0.2) is 0 Å². The summed E-state index contributed by atoms with van der Waals surface area (Å²) in [5.74, 6) is 0. The summed E-state index contributed by atoms with van der Waals surface area (Å²) in [5, 5.41) is 22.4. The maximum Gasteiger partial charge on any atom is 0.408 e. The summed E-state index contributed by atoms with van der Waals surface area (Å²) >= 11 is 0. The number of carboxylic acid groups (broad SMARTS) is 1. The topological polar surface area (TPSA) is 76.4 Å². The Kier molecular flexibility index (Phi) is 3.93. The number of nitrogens with one attached hydrogen (secondary N) is 1. The number of rotatable bonds is 2. The van der Waals surface area contributed by atoms with Crippen LogP contribution >= 0.6 is 0 Å². The average Bonchev–Trinajstić information content (AvgIpc) is 2.86. The minimum absolute atomic E-state index is 0.523. The Hall–Kier alpha value is -2.06. The van der Waals surface area contributed by atoms with Crippen LogP contribution in [0.25, 0.3) is 0 Å². The summed E-state index contributed by atoms with van der Waals surface area (Å²) in [6.07, 6.45) is -0.297. The van der Waals surface area contributed by atoms with Crippen molar-refractivity contribution in [2.24, 2.45) is 0 Å². The lowest BCUT2D eigenvalue weighted by molar-refractivity contribution is 0.0223. The molecule has 1 fully saturated rings. The van der Waals surface area contributed by atoms with E-state index in [1.54, 1.807) is 12.1 Å². The molecular formula is C16H21N3O2. The van der Waals surface area contributed by atoms with Crippen molar-refractivity contribution in [2.45, 2.75) is 38.3 Å². The van der Waals surface area contributed by atoms with Crippen LogP contribution in [0.2, 0.25) is 0 Å². The Morgan fingerprint density at radius 2 is 2.10 bits per heavy atom. The summed E-state index contributed by atoms with van der Waals surface area (Å²) < 4.78 is 0. The minimum Gasteiger partial charge on any atom is -0.465 e. The van der Waals surface area contributed by atoms with Crippen molar-refractivity contribution < 1.29 is 9.90 Å². The van der Waals surface area contributed by atoms with Crippen molar-refractivity contribution in [1.29, 1.82) is 5.26 Å². The van der Waals surface area contributed by atoms with Crippen LogP contribution in [0.1, 0.15) is 38.3 Å². The quantitative estimate of drug-likeness (QED) is 0.876. The van der Waals surface area contributed by atoms with Crippen LogP contribution in [0, 0.1) is 11.3 Å². The van der Waals surface area contributed by atoms with E-state index >= 15 is 0 Å². The number of nitriles is 1. The normalized spacial score (nSPS) is 21.8. The van der Waals surface area contributed by atoms with E-state index in [0.717, 1.165) is 12.1 Å². The van der Waals surface area contributed by atoms with Crippen LogP contribution in [-0.4, -0.2) is 34.7 Å². The minimum atomic E-state index is -0.959. The molecule has 5 heteroatoms. The number of carbonyl (C=O) groups is 1. The lowest BCUT2D eigenvalue weighted by Crippen LogP contribution is -2.58. The summed E-state index contributed by atoms with van der Waals surface area (Å²) in [7, 11) is 0. The molecular weight excluding hydrogens is 266 g/mol. The van der Waals surface area contributed by atoms with Crippen LogP contribution in [0.15, 0.2) is 24.3 Å². The molecule has 1 atom stereocenters. The zero-order chi connectivity index (χ0) is 15.7. The Morgan fingerprint density at radius 3 is 2.57 bits per heavy atom. The fourth-order valence-electron chi connectivity index (χ4n) is 3.32. The van der Waals surface area contributed by atoms with Gasteiger partial charge in [0.2, 0.25) is 0 Å². The molecule has 0 spiro atoms. The Bertz CT molecular complexity index is 578. The van der Waals surface area contributed by atoms with Crippen molar-refractivity contribution in [2.75, 3.05) is 13.1 Å². The molecule has 1 aliphatic heterocycles. The molecule has 0 unspecified atom stereocenters. The molecule has 21 heavy (non-hydrogen) atoms. The number of nitrogens with zero attached hydrogens (tertiary/aromatic N) is 2. The Balaban J connectivity index is 2.66. The molecule has 1 saturated heterocycles. The maximum atomic E-state index is 11.9. The van der Waals surface area contributed by atoms with Crippen LogP contribution in [0.3, 0.4) is 0 Å². The molecule has 1 heterocycles. The highest BCUT2D eigenvalue weighted by molar-refractivity contribution is 5.68. The molecule has 5 nitrogen and oxygen atoms in total. The number of hydrogen-bond donors (Lipinski definition) is 2. The van der Waals surface area contributed by atoms with Gasteiger partial charge in [-0.25, -0.2) is 4.79 Å². The average molecular weight is 287 g/mol. The van der Waals surface area contributed by atoms with Crippen LogP contribution in [-0.2, 0) is 5.54 Å². The Labute approximate surface area is 125 Å². The lowest BCUT2D eigenvalue weighted by Gasteiger charge is -2.47. The smallest absolute Gasteiger partial charge is 0.408 e. The molecule has 112 valence electrons. The Morgan fingerprint density at radius 1 is 1.43 bits per heavy atom. The summed E-state index contributed by atoms with van der Waals surface area (Å²) in [6, 6.07) is 9.48. The predicted molar refractivity (Wildman–Crippen MR) is 79.9 cm³/mol. The van der Waals surface area contributed by atoms with Crippen LogP contribution in [0.4, 0.5) is 4.79 Å². The first-order valence-electron chi connectivity index (χ1n) is 7.06. The first-order valence-corrected chi connectivity index (χ1v) is 7.06. The van der Waals surface area contributed by atoms with Gasteiger partial charge < -0.3 is 10.4 Å². The molecule has 0 saturated carbocycles. The van der Waals surface area contributed by atoms with E-state index in [2.05, 4.69) is 11.4 Å². The van der Waals surface area contributed by atoms with Crippen molar-refractivity contribution in [3.8, 4) is 6.07 Å². The highest BCUT2D eigenvalue weighted by atomic mass is 16.4. The number of hydrogen-bond acceptors (Lipinski definition) is 3. The van der Waals surface area contributed by atoms with E-state index in [0.29, 0.717) is 18.5 Å². The second kappa shape index (κ2) is 5.38. The van der Waals surface area contributed by atoms with Gasteiger partial charge >= 0.3 is 6.09 Å². The second-order valence-corrected chi connectivity index (χ2v) is 6.40. The first-order chi connectivity index (χ1) is 9.83. The fraction of sp³-hybridized carbons (Fsp3) is 0.500. The van der Waals surface area contributed by atoms with E-state index in [1.807, 2.05) is 32.9 Å². The lowest BCUT2D eigenvalue weighted by atomic mass is 9.81. The molecule has 0 radical (unpaired) electrons. The zero-order valence-electron chi connectivity index (χ0n) is 12.7. The third kappa shape index (κ3) is 2.59. The van der Waals surface area contributed by atoms with Crippen LogP contribution in [0.5, 0.6) is 0 Å². The van der Waals surface area contributed by atoms with Gasteiger partial charge in [-0.3, -0.25) is 4.90 Å². The van der Waals surface area contributed by atoms with Crippen LogP contribution < -0.4 is 5.32 Å². The second-order valence-electron chi connectivity index (χ2n) is 6.40. The number of amides is 1. The van der Waals surface area contributed by atoms with Crippen molar-refractivity contribution >= 4 is 6.09 Å². The summed E-state index contributed by atoms with van der Waals surface area (Å²) in [4.78, 5) is 13.4. The van der Waals surface area contributed by atoms with Crippen molar-refractivity contribution in [3.63, 3.8) is 0 Å². The van der Waals surface area contributed by atoms with Gasteiger partial charge in [0.25, 0.3) is 0 Å². The standard InChI is InChI=1S/C16H21N3O2/c1-15(2,3)19(14(20)21)16(8-9-18-11-16)13-7-5-4-6-12(13)10-17/h4-7,18H,8-9,11H2,1-3H3,(H,20,21)/t16-/m1/s1. The van der Waals surface area contributed by atoms with E-state index in [-0.39, 0.29) is 0 Å². The first kappa shape index (κ1) is 15.3. The maximum absolute atomic E-state index is 11.9. The van der Waals surface area contributed by atoms with Gasteiger partial charge in [-0.15, -0.1) is 0 Å². The number of benzene rings is 1. The van der Waals surface area contributed by atoms with Gasteiger partial charge in [0, 0.05) is 12.1 Å². The molecule has 2 rings (SSSR count). The largest absolute Gasteiger partial charge is 0.465 e. The predicted octanol–water partition coefficient (Wildman–Crippen LogP) is 2.53. The highest BCUT2D eigenvalue weighted by Gasteiger charge is 2.49. The van der Waals surface area contributed by atoms with Gasteiger partial charge in [-0.05, 0) is 45.4 Å². The molecule has 1 aliphatic rings. The molecule has 2 N–H and O–H groups in total.